The lowest BCUT2D eigenvalue weighted by Crippen LogP contribution is -2.56. The van der Waals surface area contributed by atoms with Crippen LogP contribution in [0, 0.1) is 13.8 Å². The number of likely N-dealkylation sites (N-methyl/N-ethyl adjacent to an activating group) is 1. The fraction of sp³-hybridized carbons (Fsp3) is 0.667. The lowest BCUT2D eigenvalue weighted by molar-refractivity contribution is -0.138. The number of hydrogen-bond donors (Lipinski definition) is 0. The van der Waals surface area contributed by atoms with Crippen molar-refractivity contribution in [3.05, 3.63) is 29.3 Å². The third-order valence-corrected chi connectivity index (χ3v) is 8.16. The Balaban J connectivity index is 1.62. The number of carbonyl (C=O) groups excluding carboxylic acids is 1. The summed E-state index contributed by atoms with van der Waals surface area (Å²) in [7, 11) is -2.99. The minimum Gasteiger partial charge on any atom is -0.369 e. The van der Waals surface area contributed by atoms with Crippen LogP contribution in [0.3, 0.4) is 0 Å². The monoisotopic (exact) mass is 407 g/mol. The van der Waals surface area contributed by atoms with Gasteiger partial charge in [-0.1, -0.05) is 12.1 Å². The van der Waals surface area contributed by atoms with Crippen LogP contribution in [-0.2, 0) is 14.6 Å². The van der Waals surface area contributed by atoms with Crippen LogP contribution in [0.1, 0.15) is 31.4 Å². The van der Waals surface area contributed by atoms with Gasteiger partial charge in [0.1, 0.15) is 0 Å². The van der Waals surface area contributed by atoms with E-state index in [0.29, 0.717) is 13.0 Å². The molecular weight excluding hydrogens is 374 g/mol. The zero-order chi connectivity index (χ0) is 20.5. The Morgan fingerprint density at radius 3 is 2.46 bits per heavy atom. The van der Waals surface area contributed by atoms with E-state index < -0.39 is 9.84 Å². The van der Waals surface area contributed by atoms with Crippen LogP contribution in [0.15, 0.2) is 18.2 Å². The van der Waals surface area contributed by atoms with Gasteiger partial charge in [0, 0.05) is 44.5 Å². The number of anilines is 1. The zero-order valence-electron chi connectivity index (χ0n) is 17.5. The Labute approximate surface area is 169 Å². The SMILES string of the molecule is CCN(C(=O)C(C)N1CCN(c2cccc(C)c2C)CC1)C1CCS(=O)(=O)C1. The van der Waals surface area contributed by atoms with Gasteiger partial charge in [-0.15, -0.1) is 0 Å². The van der Waals surface area contributed by atoms with Crippen molar-refractivity contribution in [2.75, 3.05) is 49.1 Å². The first kappa shape index (κ1) is 21.1. The Bertz CT molecular complexity index is 816. The molecule has 0 aliphatic carbocycles. The highest BCUT2D eigenvalue weighted by molar-refractivity contribution is 7.91. The number of nitrogens with zero attached hydrogens (tertiary/aromatic N) is 3. The fourth-order valence-electron chi connectivity index (χ4n) is 4.44. The van der Waals surface area contributed by atoms with Crippen molar-refractivity contribution in [3.8, 4) is 0 Å². The molecule has 0 N–H and O–H groups in total. The average Bonchev–Trinajstić information content (AvgIpc) is 3.03. The third-order valence-electron chi connectivity index (χ3n) is 6.41. The summed E-state index contributed by atoms with van der Waals surface area (Å²) in [5, 5.41) is 0. The van der Waals surface area contributed by atoms with Gasteiger partial charge < -0.3 is 9.80 Å². The molecule has 0 bridgehead atoms. The topological polar surface area (TPSA) is 60.9 Å². The summed E-state index contributed by atoms with van der Waals surface area (Å²) in [4.78, 5) is 19.5. The van der Waals surface area contributed by atoms with E-state index in [0.717, 1.165) is 26.2 Å². The predicted octanol–water partition coefficient (Wildman–Crippen LogP) is 1.85. The van der Waals surface area contributed by atoms with Gasteiger partial charge in [0.05, 0.1) is 17.5 Å². The van der Waals surface area contributed by atoms with Gasteiger partial charge in [-0.25, -0.2) is 8.42 Å². The number of hydrogen-bond acceptors (Lipinski definition) is 5. The number of benzene rings is 1. The fourth-order valence-corrected chi connectivity index (χ4v) is 6.17. The number of carbonyl (C=O) groups is 1. The molecule has 0 spiro atoms. The van der Waals surface area contributed by atoms with E-state index in [2.05, 4.69) is 41.8 Å². The Morgan fingerprint density at radius 1 is 1.21 bits per heavy atom. The van der Waals surface area contributed by atoms with Gasteiger partial charge in [-0.3, -0.25) is 9.69 Å². The molecule has 2 saturated heterocycles. The maximum atomic E-state index is 13.1. The largest absolute Gasteiger partial charge is 0.369 e. The lowest BCUT2D eigenvalue weighted by Gasteiger charge is -2.41. The first-order chi connectivity index (χ1) is 13.2. The molecule has 3 rings (SSSR count). The minimum absolute atomic E-state index is 0.0600. The predicted molar refractivity (Wildman–Crippen MR) is 114 cm³/mol. The molecule has 2 unspecified atom stereocenters. The molecule has 0 aromatic heterocycles. The molecular formula is C21H33N3O3S. The van der Waals surface area contributed by atoms with Crippen LogP contribution in [0.4, 0.5) is 5.69 Å². The summed E-state index contributed by atoms with van der Waals surface area (Å²) in [6, 6.07) is 6.03. The summed E-state index contributed by atoms with van der Waals surface area (Å²) in [5.41, 5.74) is 3.90. The Kier molecular flexibility index (Phi) is 6.34. The van der Waals surface area contributed by atoms with E-state index in [9.17, 15) is 13.2 Å². The molecule has 2 fully saturated rings. The molecule has 1 aromatic rings. The van der Waals surface area contributed by atoms with Crippen molar-refractivity contribution in [2.45, 2.75) is 46.2 Å². The van der Waals surface area contributed by atoms with Crippen molar-refractivity contribution < 1.29 is 13.2 Å². The van der Waals surface area contributed by atoms with E-state index in [1.54, 1.807) is 4.90 Å². The number of amides is 1. The normalized spacial score (nSPS) is 23.6. The number of rotatable bonds is 5. The second-order valence-corrected chi connectivity index (χ2v) is 10.3. The quantitative estimate of drug-likeness (QED) is 0.746. The van der Waals surface area contributed by atoms with E-state index >= 15 is 0 Å². The van der Waals surface area contributed by atoms with Crippen molar-refractivity contribution in [3.63, 3.8) is 0 Å². The second kappa shape index (κ2) is 8.41. The Hall–Kier alpha value is -1.60. The lowest BCUT2D eigenvalue weighted by atomic mass is 10.1. The first-order valence-electron chi connectivity index (χ1n) is 10.3. The van der Waals surface area contributed by atoms with Gasteiger partial charge >= 0.3 is 0 Å². The molecule has 28 heavy (non-hydrogen) atoms. The smallest absolute Gasteiger partial charge is 0.239 e. The van der Waals surface area contributed by atoms with Crippen LogP contribution >= 0.6 is 0 Å². The summed E-state index contributed by atoms with van der Waals surface area (Å²) >= 11 is 0. The van der Waals surface area contributed by atoms with E-state index in [1.807, 2.05) is 13.8 Å². The van der Waals surface area contributed by atoms with Crippen LogP contribution in [-0.4, -0.2) is 80.4 Å². The molecule has 2 aliphatic heterocycles. The minimum atomic E-state index is -2.99. The van der Waals surface area contributed by atoms with Crippen LogP contribution in [0.25, 0.3) is 0 Å². The molecule has 0 radical (unpaired) electrons. The maximum Gasteiger partial charge on any atom is 0.239 e. The molecule has 156 valence electrons. The van der Waals surface area contributed by atoms with Gasteiger partial charge in [0.15, 0.2) is 9.84 Å². The number of piperazine rings is 1. The summed E-state index contributed by atoms with van der Waals surface area (Å²) < 4.78 is 23.6. The second-order valence-electron chi connectivity index (χ2n) is 8.10. The van der Waals surface area contributed by atoms with Gasteiger partial charge in [0.2, 0.25) is 5.91 Å². The molecule has 2 aliphatic rings. The third kappa shape index (κ3) is 4.35. The molecule has 1 aromatic carbocycles. The van der Waals surface area contributed by atoms with Crippen LogP contribution in [0.5, 0.6) is 0 Å². The molecule has 2 heterocycles. The molecule has 7 heteroatoms. The van der Waals surface area contributed by atoms with Gasteiger partial charge in [0.25, 0.3) is 0 Å². The van der Waals surface area contributed by atoms with Crippen molar-refractivity contribution in [1.29, 1.82) is 0 Å². The molecule has 2 atom stereocenters. The van der Waals surface area contributed by atoms with Crippen LogP contribution < -0.4 is 4.90 Å². The van der Waals surface area contributed by atoms with Crippen molar-refractivity contribution >= 4 is 21.4 Å². The highest BCUT2D eigenvalue weighted by Crippen LogP contribution is 2.25. The summed E-state index contributed by atoms with van der Waals surface area (Å²) in [5.74, 6) is 0.370. The summed E-state index contributed by atoms with van der Waals surface area (Å²) in [6.45, 7) is 12.2. The van der Waals surface area contributed by atoms with Crippen molar-refractivity contribution in [1.82, 2.24) is 9.80 Å². The van der Waals surface area contributed by atoms with Crippen LogP contribution in [0.2, 0.25) is 0 Å². The number of aryl methyl sites for hydroxylation is 1. The first-order valence-corrected chi connectivity index (χ1v) is 12.1. The van der Waals surface area contributed by atoms with Gasteiger partial charge in [-0.05, 0) is 51.3 Å². The van der Waals surface area contributed by atoms with Gasteiger partial charge in [-0.2, -0.15) is 0 Å². The standard InChI is InChI=1S/C21H33N3O3S/c1-5-24(19-9-14-28(26,27)15-19)21(25)18(4)22-10-12-23(13-11-22)20-8-6-7-16(2)17(20)3/h6-8,18-19H,5,9-15H2,1-4H3. The molecule has 6 nitrogen and oxygen atoms in total. The van der Waals surface area contributed by atoms with E-state index in [4.69, 9.17) is 0 Å². The highest BCUT2D eigenvalue weighted by Gasteiger charge is 2.37. The molecule has 0 saturated carbocycles. The zero-order valence-corrected chi connectivity index (χ0v) is 18.3. The highest BCUT2D eigenvalue weighted by atomic mass is 32.2. The Morgan fingerprint density at radius 2 is 1.89 bits per heavy atom. The maximum absolute atomic E-state index is 13.1. The number of sulfone groups is 1. The summed E-state index contributed by atoms with van der Waals surface area (Å²) in [6.07, 6.45) is 0.565. The van der Waals surface area contributed by atoms with Crippen molar-refractivity contribution in [2.24, 2.45) is 0 Å². The van der Waals surface area contributed by atoms with E-state index in [-0.39, 0.29) is 29.5 Å². The molecule has 1 amide bonds. The average molecular weight is 408 g/mol. The van der Waals surface area contributed by atoms with E-state index in [1.165, 1.54) is 16.8 Å².